The first-order valence-electron chi connectivity index (χ1n) is 9.65. The van der Waals surface area contributed by atoms with Crippen LogP contribution in [0.5, 0.6) is 5.75 Å². The number of alkyl halides is 3. The Kier molecular flexibility index (Phi) is 6.12. The number of carbonyl (C=O) groups is 1. The molecule has 3 rings (SSSR count). The van der Waals surface area contributed by atoms with Crippen molar-refractivity contribution in [1.29, 1.82) is 0 Å². The van der Waals surface area contributed by atoms with Crippen molar-refractivity contribution in [2.24, 2.45) is 4.99 Å². The summed E-state index contributed by atoms with van der Waals surface area (Å²) in [5.41, 5.74) is -1.57. The first-order valence-corrected chi connectivity index (χ1v) is 9.65. The molecule has 1 atom stereocenters. The van der Waals surface area contributed by atoms with Gasteiger partial charge >= 0.3 is 11.9 Å². The largest absolute Gasteiger partial charge is 0.496 e. The van der Waals surface area contributed by atoms with Gasteiger partial charge in [0.05, 0.1) is 30.9 Å². The molecular weight excluding hydrogens is 401 g/mol. The van der Waals surface area contributed by atoms with Gasteiger partial charge in [0, 0.05) is 18.2 Å². The number of methoxy groups -OCH3 is 1. The van der Waals surface area contributed by atoms with E-state index in [1.165, 1.54) is 7.11 Å². The molecule has 2 aromatic rings. The molecule has 0 saturated carbocycles. The summed E-state index contributed by atoms with van der Waals surface area (Å²) in [6, 6.07) is 2.70. The SMILES string of the molecule is COc1ccc(C(F)(F)F)cc1C(=O)/N=c1\oc(C(C)(C)C)cn1C[C@H]1CCCO1. The average Bonchev–Trinajstić information content (AvgIpc) is 3.31. The summed E-state index contributed by atoms with van der Waals surface area (Å²) in [6.07, 6.45) is -1.05. The van der Waals surface area contributed by atoms with E-state index < -0.39 is 17.6 Å². The second-order valence-electron chi connectivity index (χ2n) is 8.25. The molecular formula is C21H25F3N2O4. The Morgan fingerprint density at radius 2 is 2.03 bits per heavy atom. The zero-order chi connectivity index (χ0) is 22.1. The molecule has 0 aliphatic carbocycles. The maximum Gasteiger partial charge on any atom is 0.416 e. The normalized spacial score (nSPS) is 18.1. The van der Waals surface area contributed by atoms with E-state index >= 15 is 0 Å². The molecule has 1 aromatic heterocycles. The highest BCUT2D eigenvalue weighted by molar-refractivity contribution is 5.97. The second-order valence-corrected chi connectivity index (χ2v) is 8.25. The van der Waals surface area contributed by atoms with Crippen LogP contribution in [0.4, 0.5) is 13.2 Å². The maximum absolute atomic E-state index is 13.1. The predicted octanol–water partition coefficient (Wildman–Crippen LogP) is 4.33. The number of oxazole rings is 1. The van der Waals surface area contributed by atoms with E-state index in [1.54, 1.807) is 10.8 Å². The van der Waals surface area contributed by atoms with Crippen LogP contribution in [0.1, 0.15) is 55.3 Å². The fraction of sp³-hybridized carbons (Fsp3) is 0.524. The highest BCUT2D eigenvalue weighted by Crippen LogP contribution is 2.32. The summed E-state index contributed by atoms with van der Waals surface area (Å²) in [7, 11) is 1.28. The van der Waals surface area contributed by atoms with Crippen LogP contribution in [-0.2, 0) is 22.9 Å². The minimum Gasteiger partial charge on any atom is -0.496 e. The molecule has 164 valence electrons. The Morgan fingerprint density at radius 3 is 2.60 bits per heavy atom. The van der Waals surface area contributed by atoms with E-state index in [2.05, 4.69) is 4.99 Å². The lowest BCUT2D eigenvalue weighted by atomic mass is 9.94. The minimum absolute atomic E-state index is 0.00465. The first kappa shape index (κ1) is 22.1. The molecule has 0 N–H and O–H groups in total. The van der Waals surface area contributed by atoms with Gasteiger partial charge in [-0.25, -0.2) is 0 Å². The number of halogens is 3. The number of rotatable bonds is 4. The predicted molar refractivity (Wildman–Crippen MR) is 102 cm³/mol. The quantitative estimate of drug-likeness (QED) is 0.730. The molecule has 0 unspecified atom stereocenters. The van der Waals surface area contributed by atoms with Crippen LogP contribution in [0.2, 0.25) is 0 Å². The van der Waals surface area contributed by atoms with Gasteiger partial charge in [0.25, 0.3) is 5.91 Å². The lowest BCUT2D eigenvalue weighted by molar-refractivity contribution is -0.137. The number of ether oxygens (including phenoxy) is 2. The summed E-state index contributed by atoms with van der Waals surface area (Å²) >= 11 is 0. The third kappa shape index (κ3) is 4.95. The number of benzene rings is 1. The molecule has 1 saturated heterocycles. The van der Waals surface area contributed by atoms with E-state index in [-0.39, 0.29) is 28.5 Å². The summed E-state index contributed by atoms with van der Waals surface area (Å²) in [5.74, 6) is -0.276. The number of hydrogen-bond donors (Lipinski definition) is 0. The molecule has 1 aliphatic heterocycles. The van der Waals surface area contributed by atoms with Gasteiger partial charge in [0.2, 0.25) is 0 Å². The fourth-order valence-corrected chi connectivity index (χ4v) is 3.15. The van der Waals surface area contributed by atoms with Crippen LogP contribution in [0.3, 0.4) is 0 Å². The van der Waals surface area contributed by atoms with Crippen molar-refractivity contribution < 1.29 is 31.9 Å². The van der Waals surface area contributed by atoms with E-state index in [0.717, 1.165) is 31.0 Å². The van der Waals surface area contributed by atoms with E-state index in [0.29, 0.717) is 18.9 Å². The van der Waals surface area contributed by atoms with Gasteiger partial charge in [0.15, 0.2) is 0 Å². The van der Waals surface area contributed by atoms with Gasteiger partial charge in [-0.15, -0.1) is 0 Å². The highest BCUT2D eigenvalue weighted by Gasteiger charge is 2.32. The van der Waals surface area contributed by atoms with Gasteiger partial charge in [-0.05, 0) is 31.0 Å². The lowest BCUT2D eigenvalue weighted by Crippen LogP contribution is -2.24. The van der Waals surface area contributed by atoms with Crippen LogP contribution >= 0.6 is 0 Å². The Morgan fingerprint density at radius 1 is 1.30 bits per heavy atom. The van der Waals surface area contributed by atoms with Crippen molar-refractivity contribution in [1.82, 2.24) is 4.57 Å². The third-order valence-electron chi connectivity index (χ3n) is 4.84. The van der Waals surface area contributed by atoms with Crippen molar-refractivity contribution in [2.45, 2.75) is 57.9 Å². The minimum atomic E-state index is -4.59. The molecule has 6 nitrogen and oxygen atoms in total. The molecule has 1 fully saturated rings. The summed E-state index contributed by atoms with van der Waals surface area (Å²) in [4.78, 5) is 16.8. The molecule has 0 radical (unpaired) electrons. The Labute approximate surface area is 172 Å². The number of aromatic nitrogens is 1. The van der Waals surface area contributed by atoms with Gasteiger partial charge in [-0.3, -0.25) is 9.36 Å². The van der Waals surface area contributed by atoms with Crippen LogP contribution in [0.25, 0.3) is 0 Å². The average molecular weight is 426 g/mol. The second kappa shape index (κ2) is 8.29. The van der Waals surface area contributed by atoms with Crippen molar-refractivity contribution in [3.8, 4) is 5.75 Å². The zero-order valence-corrected chi connectivity index (χ0v) is 17.4. The monoisotopic (exact) mass is 426 g/mol. The molecule has 1 aromatic carbocycles. The van der Waals surface area contributed by atoms with Crippen LogP contribution < -0.4 is 10.4 Å². The highest BCUT2D eigenvalue weighted by atomic mass is 19.4. The van der Waals surface area contributed by atoms with Crippen LogP contribution in [0, 0.1) is 0 Å². The number of hydrogen-bond acceptors (Lipinski definition) is 4. The fourth-order valence-electron chi connectivity index (χ4n) is 3.15. The third-order valence-corrected chi connectivity index (χ3v) is 4.84. The Bertz CT molecular complexity index is 977. The van der Waals surface area contributed by atoms with Crippen molar-refractivity contribution >= 4 is 5.91 Å². The van der Waals surface area contributed by atoms with E-state index in [9.17, 15) is 18.0 Å². The molecule has 2 heterocycles. The molecule has 1 aliphatic rings. The van der Waals surface area contributed by atoms with Crippen LogP contribution in [0.15, 0.2) is 33.8 Å². The van der Waals surface area contributed by atoms with Gasteiger partial charge in [0.1, 0.15) is 11.5 Å². The van der Waals surface area contributed by atoms with E-state index in [1.807, 2.05) is 20.8 Å². The summed E-state index contributed by atoms with van der Waals surface area (Å²) < 4.78 is 57.5. The lowest BCUT2D eigenvalue weighted by Gasteiger charge is -2.13. The molecule has 30 heavy (non-hydrogen) atoms. The van der Waals surface area contributed by atoms with Crippen LogP contribution in [-0.4, -0.2) is 30.3 Å². The van der Waals surface area contributed by atoms with Crippen molar-refractivity contribution in [3.63, 3.8) is 0 Å². The number of amides is 1. The van der Waals surface area contributed by atoms with Crippen molar-refractivity contribution in [2.75, 3.05) is 13.7 Å². The standard InChI is InChI=1S/C21H25F3N2O4/c1-20(2,3)17-12-26(11-14-6-5-9-29-14)19(30-17)25-18(27)15-10-13(21(22,23)24)7-8-16(15)28-4/h7-8,10,12,14H,5-6,9,11H2,1-4H3/b25-19-/t14-/m1/s1. The molecule has 0 spiro atoms. The van der Waals surface area contributed by atoms with Gasteiger partial charge in [-0.1, -0.05) is 20.8 Å². The molecule has 1 amide bonds. The maximum atomic E-state index is 13.1. The van der Waals surface area contributed by atoms with Crippen molar-refractivity contribution in [3.05, 3.63) is 47.0 Å². The topological polar surface area (TPSA) is 66.0 Å². The molecule has 9 heteroatoms. The Hall–Kier alpha value is -2.55. The first-order chi connectivity index (χ1) is 14.0. The summed E-state index contributed by atoms with van der Waals surface area (Å²) in [5, 5.41) is 0. The Balaban J connectivity index is 2.05. The smallest absolute Gasteiger partial charge is 0.416 e. The summed E-state index contributed by atoms with van der Waals surface area (Å²) in [6.45, 7) is 6.95. The van der Waals surface area contributed by atoms with Gasteiger partial charge in [-0.2, -0.15) is 18.2 Å². The molecule has 0 bridgehead atoms. The number of nitrogens with zero attached hydrogens (tertiary/aromatic N) is 2. The zero-order valence-electron chi connectivity index (χ0n) is 17.4. The van der Waals surface area contributed by atoms with E-state index in [4.69, 9.17) is 13.9 Å². The van der Waals surface area contributed by atoms with Gasteiger partial charge < -0.3 is 13.9 Å². The number of carbonyl (C=O) groups excluding carboxylic acids is 1.